The molecule has 0 aromatic heterocycles. The first kappa shape index (κ1) is 10.4. The number of hydrogen-bond acceptors (Lipinski definition) is 2. The summed E-state index contributed by atoms with van der Waals surface area (Å²) in [6.45, 7) is 1.92. The van der Waals surface area contributed by atoms with Crippen molar-refractivity contribution in [2.45, 2.75) is 29.2 Å². The molecule has 2 nitrogen and oxygen atoms in total. The third-order valence-corrected chi connectivity index (χ3v) is 3.98. The highest BCUT2D eigenvalue weighted by Crippen LogP contribution is 2.37. The first-order valence-corrected chi connectivity index (χ1v) is 5.97. The van der Waals surface area contributed by atoms with Crippen LogP contribution in [0.5, 0.6) is 0 Å². The molecule has 1 heterocycles. The minimum absolute atomic E-state index is 0.0294. The molecule has 0 bridgehead atoms. The first-order chi connectivity index (χ1) is 6.70. The van der Waals surface area contributed by atoms with Crippen LogP contribution in [0.25, 0.3) is 0 Å². The third-order valence-electron chi connectivity index (χ3n) is 2.59. The highest BCUT2D eigenvalue weighted by Gasteiger charge is 2.40. The zero-order valence-corrected chi connectivity index (χ0v) is 10.1. The minimum Gasteiger partial charge on any atom is -0.389 e. The number of aliphatic hydroxyl groups is 1. The molecule has 14 heavy (non-hydrogen) atoms. The Morgan fingerprint density at radius 3 is 2.43 bits per heavy atom. The summed E-state index contributed by atoms with van der Waals surface area (Å²) in [7, 11) is 0. The zero-order chi connectivity index (χ0) is 10.1. The SMILES string of the molecule is C[C@@H]1O[C@H](c2ccccc2)[C@H](I)[C@H]1O. The molecule has 2 rings (SSSR count). The molecule has 1 aliphatic heterocycles. The smallest absolute Gasteiger partial charge is 0.0973 e. The van der Waals surface area contributed by atoms with Gasteiger partial charge in [-0.05, 0) is 12.5 Å². The molecule has 0 aliphatic carbocycles. The molecule has 0 radical (unpaired) electrons. The van der Waals surface area contributed by atoms with E-state index in [9.17, 15) is 5.11 Å². The number of aliphatic hydroxyl groups excluding tert-OH is 1. The van der Waals surface area contributed by atoms with E-state index in [0.717, 1.165) is 5.56 Å². The summed E-state index contributed by atoms with van der Waals surface area (Å²) in [4.78, 5) is 0. The molecular weight excluding hydrogens is 291 g/mol. The van der Waals surface area contributed by atoms with E-state index in [1.807, 2.05) is 37.3 Å². The topological polar surface area (TPSA) is 29.5 Å². The van der Waals surface area contributed by atoms with Crippen molar-refractivity contribution >= 4 is 22.6 Å². The van der Waals surface area contributed by atoms with Crippen LogP contribution in [0.3, 0.4) is 0 Å². The Bertz CT molecular complexity index is 301. The van der Waals surface area contributed by atoms with Gasteiger partial charge in [-0.25, -0.2) is 0 Å². The van der Waals surface area contributed by atoms with E-state index >= 15 is 0 Å². The Kier molecular flexibility index (Phi) is 3.09. The van der Waals surface area contributed by atoms with Crippen molar-refractivity contribution in [1.29, 1.82) is 0 Å². The number of hydrogen-bond donors (Lipinski definition) is 1. The fourth-order valence-corrected chi connectivity index (χ4v) is 2.90. The Morgan fingerprint density at radius 1 is 1.29 bits per heavy atom. The number of ether oxygens (including phenoxy) is 1. The van der Waals surface area contributed by atoms with Gasteiger partial charge in [0.25, 0.3) is 0 Å². The van der Waals surface area contributed by atoms with Crippen LogP contribution in [-0.4, -0.2) is 21.2 Å². The normalized spacial score (nSPS) is 37.4. The molecule has 1 aromatic rings. The summed E-state index contributed by atoms with van der Waals surface area (Å²) in [5.74, 6) is 0. The molecule has 3 heteroatoms. The van der Waals surface area contributed by atoms with E-state index in [0.29, 0.717) is 0 Å². The highest BCUT2D eigenvalue weighted by molar-refractivity contribution is 14.1. The number of rotatable bonds is 1. The van der Waals surface area contributed by atoms with E-state index in [4.69, 9.17) is 4.74 Å². The molecule has 0 spiro atoms. The van der Waals surface area contributed by atoms with Gasteiger partial charge >= 0.3 is 0 Å². The van der Waals surface area contributed by atoms with Crippen LogP contribution >= 0.6 is 22.6 Å². The quantitative estimate of drug-likeness (QED) is 0.637. The third kappa shape index (κ3) is 1.81. The molecule has 1 aromatic carbocycles. The van der Waals surface area contributed by atoms with E-state index in [-0.39, 0.29) is 22.2 Å². The van der Waals surface area contributed by atoms with Crippen molar-refractivity contribution < 1.29 is 9.84 Å². The first-order valence-electron chi connectivity index (χ1n) is 4.72. The van der Waals surface area contributed by atoms with Crippen molar-refractivity contribution in [3.05, 3.63) is 35.9 Å². The highest BCUT2D eigenvalue weighted by atomic mass is 127. The van der Waals surface area contributed by atoms with Crippen molar-refractivity contribution in [1.82, 2.24) is 0 Å². The molecule has 1 N–H and O–H groups in total. The Hall–Kier alpha value is -0.130. The molecule has 0 unspecified atom stereocenters. The predicted molar refractivity (Wildman–Crippen MR) is 63.5 cm³/mol. The van der Waals surface area contributed by atoms with E-state index in [1.54, 1.807) is 0 Å². The van der Waals surface area contributed by atoms with Gasteiger partial charge in [0.2, 0.25) is 0 Å². The fourth-order valence-electron chi connectivity index (χ4n) is 1.73. The van der Waals surface area contributed by atoms with Crippen LogP contribution in [0.15, 0.2) is 30.3 Å². The van der Waals surface area contributed by atoms with Crippen LogP contribution in [0.1, 0.15) is 18.6 Å². The van der Waals surface area contributed by atoms with Gasteiger partial charge in [-0.1, -0.05) is 52.9 Å². The fraction of sp³-hybridized carbons (Fsp3) is 0.455. The van der Waals surface area contributed by atoms with E-state index in [2.05, 4.69) is 22.6 Å². The monoisotopic (exact) mass is 304 g/mol. The average molecular weight is 304 g/mol. The van der Waals surface area contributed by atoms with Crippen molar-refractivity contribution in [2.75, 3.05) is 0 Å². The van der Waals surface area contributed by atoms with Crippen molar-refractivity contribution in [3.8, 4) is 0 Å². The van der Waals surface area contributed by atoms with Gasteiger partial charge in [0.05, 0.1) is 22.2 Å². The lowest BCUT2D eigenvalue weighted by atomic mass is 10.1. The summed E-state index contributed by atoms with van der Waals surface area (Å²) in [6.07, 6.45) is -0.398. The maximum absolute atomic E-state index is 9.77. The van der Waals surface area contributed by atoms with Gasteiger partial charge < -0.3 is 9.84 Å². The average Bonchev–Trinajstić information content (AvgIpc) is 2.47. The molecule has 76 valence electrons. The molecule has 1 saturated heterocycles. The lowest BCUT2D eigenvalue weighted by molar-refractivity contribution is 0.0217. The summed E-state index contributed by atoms with van der Waals surface area (Å²) in [5, 5.41) is 9.77. The zero-order valence-electron chi connectivity index (χ0n) is 7.93. The second kappa shape index (κ2) is 4.16. The van der Waals surface area contributed by atoms with Crippen molar-refractivity contribution in [2.24, 2.45) is 0 Å². The predicted octanol–water partition coefficient (Wildman–Crippen LogP) is 2.31. The van der Waals surface area contributed by atoms with Crippen molar-refractivity contribution in [3.63, 3.8) is 0 Å². The summed E-state index contributed by atoms with van der Waals surface area (Å²) in [5.41, 5.74) is 1.15. The lowest BCUT2D eigenvalue weighted by Gasteiger charge is -2.14. The van der Waals surface area contributed by atoms with Gasteiger partial charge in [0.1, 0.15) is 0 Å². The Labute approximate surface area is 97.4 Å². The number of halogens is 1. The second-order valence-electron chi connectivity index (χ2n) is 3.61. The van der Waals surface area contributed by atoms with Gasteiger partial charge in [-0.2, -0.15) is 0 Å². The standard InChI is InChI=1S/C11H13IO2/c1-7-10(13)9(12)11(14-7)8-5-3-2-4-6-8/h2-7,9-11,13H,1H3/t7-,9+,10-,11+/m0/s1. The van der Waals surface area contributed by atoms with Crippen LogP contribution < -0.4 is 0 Å². The van der Waals surface area contributed by atoms with Crippen LogP contribution in [0.4, 0.5) is 0 Å². The van der Waals surface area contributed by atoms with Crippen LogP contribution in [0.2, 0.25) is 0 Å². The molecule has 1 aliphatic rings. The summed E-state index contributed by atoms with van der Waals surface area (Å²) in [6, 6.07) is 10.1. The van der Waals surface area contributed by atoms with Crippen LogP contribution in [0, 0.1) is 0 Å². The summed E-state index contributed by atoms with van der Waals surface area (Å²) >= 11 is 2.26. The lowest BCUT2D eigenvalue weighted by Crippen LogP contribution is -2.23. The molecule has 1 fully saturated rings. The van der Waals surface area contributed by atoms with E-state index < -0.39 is 0 Å². The maximum atomic E-state index is 9.77. The Balaban J connectivity index is 2.21. The largest absolute Gasteiger partial charge is 0.389 e. The molecule has 4 atom stereocenters. The Morgan fingerprint density at radius 2 is 1.93 bits per heavy atom. The minimum atomic E-state index is -0.360. The van der Waals surface area contributed by atoms with E-state index in [1.165, 1.54) is 0 Å². The van der Waals surface area contributed by atoms with Gasteiger partial charge in [0, 0.05) is 0 Å². The second-order valence-corrected chi connectivity index (χ2v) is 5.05. The molecule has 0 saturated carbocycles. The van der Waals surface area contributed by atoms with Crippen LogP contribution in [-0.2, 0) is 4.74 Å². The van der Waals surface area contributed by atoms with Gasteiger partial charge in [-0.3, -0.25) is 0 Å². The summed E-state index contributed by atoms with van der Waals surface area (Å²) < 4.78 is 5.86. The van der Waals surface area contributed by atoms with Gasteiger partial charge in [0.15, 0.2) is 0 Å². The molecular formula is C11H13IO2. The molecule has 0 amide bonds. The number of alkyl halides is 1. The maximum Gasteiger partial charge on any atom is 0.0973 e. The van der Waals surface area contributed by atoms with Gasteiger partial charge in [-0.15, -0.1) is 0 Å². The number of benzene rings is 1.